The maximum atomic E-state index is 11.7. The lowest BCUT2D eigenvalue weighted by Gasteiger charge is -2.13. The predicted octanol–water partition coefficient (Wildman–Crippen LogP) is 0.801. The van der Waals surface area contributed by atoms with Gasteiger partial charge >= 0.3 is 0 Å². The average Bonchev–Trinajstić information content (AvgIpc) is 2.30. The molecule has 1 unspecified atom stereocenters. The van der Waals surface area contributed by atoms with Crippen molar-refractivity contribution in [3.05, 3.63) is 29.8 Å². The molecule has 0 aliphatic rings. The molecule has 0 fully saturated rings. The summed E-state index contributed by atoms with van der Waals surface area (Å²) in [4.78, 5) is 22.8. The number of hydrogen-bond acceptors (Lipinski definition) is 4. The summed E-state index contributed by atoms with van der Waals surface area (Å²) in [7, 11) is 1.42. The third-order valence-electron chi connectivity index (χ3n) is 2.33. The van der Waals surface area contributed by atoms with Crippen LogP contribution in [0.25, 0.3) is 0 Å². The molecule has 0 aliphatic heterocycles. The van der Waals surface area contributed by atoms with Crippen molar-refractivity contribution in [2.24, 2.45) is 5.73 Å². The highest BCUT2D eigenvalue weighted by molar-refractivity contribution is 5.98. The van der Waals surface area contributed by atoms with E-state index >= 15 is 0 Å². The molecule has 1 atom stereocenters. The summed E-state index contributed by atoms with van der Waals surface area (Å²) >= 11 is 0. The van der Waals surface area contributed by atoms with E-state index < -0.39 is 6.10 Å². The Hall–Kier alpha value is -1.72. The molecule has 0 bridgehead atoms. The van der Waals surface area contributed by atoms with Crippen molar-refractivity contribution in [1.82, 2.24) is 0 Å². The third kappa shape index (κ3) is 3.65. The summed E-state index contributed by atoms with van der Waals surface area (Å²) in [5.41, 5.74) is 6.48. The highest BCUT2D eigenvalue weighted by Crippen LogP contribution is 2.11. The topological polar surface area (TPSA) is 81.4 Å². The maximum Gasteiger partial charge on any atom is 0.254 e. The summed E-state index contributed by atoms with van der Waals surface area (Å²) in [6.07, 6.45) is -0.684. The summed E-state index contributed by atoms with van der Waals surface area (Å²) in [5.74, 6) is -0.376. The number of methoxy groups -OCH3 is 1. The SMILES string of the molecule is COC(CN)C(=O)Nc1cccc(C(C)=O)c1. The lowest BCUT2D eigenvalue weighted by atomic mass is 10.1. The normalized spacial score (nSPS) is 11.9. The Kier molecular flexibility index (Phi) is 4.81. The number of amides is 1. The largest absolute Gasteiger partial charge is 0.370 e. The number of benzene rings is 1. The van der Waals surface area contributed by atoms with Crippen LogP contribution in [0, 0.1) is 0 Å². The Bertz CT molecular complexity index is 414. The predicted molar refractivity (Wildman–Crippen MR) is 64.9 cm³/mol. The molecule has 0 aliphatic carbocycles. The second-order valence-corrected chi connectivity index (χ2v) is 3.59. The van der Waals surface area contributed by atoms with Crippen molar-refractivity contribution in [2.45, 2.75) is 13.0 Å². The zero-order valence-electron chi connectivity index (χ0n) is 9.90. The minimum Gasteiger partial charge on any atom is -0.370 e. The molecule has 92 valence electrons. The molecule has 0 spiro atoms. The van der Waals surface area contributed by atoms with Gasteiger partial charge in [0, 0.05) is 24.9 Å². The van der Waals surface area contributed by atoms with Crippen LogP contribution in [-0.4, -0.2) is 31.4 Å². The Morgan fingerprint density at radius 1 is 1.47 bits per heavy atom. The van der Waals surface area contributed by atoms with Crippen LogP contribution < -0.4 is 11.1 Å². The number of anilines is 1. The minimum atomic E-state index is -0.684. The molecule has 0 saturated carbocycles. The highest BCUT2D eigenvalue weighted by Gasteiger charge is 2.15. The van der Waals surface area contributed by atoms with Gasteiger partial charge in [-0.2, -0.15) is 0 Å². The van der Waals surface area contributed by atoms with Crippen molar-refractivity contribution in [3.8, 4) is 0 Å². The van der Waals surface area contributed by atoms with E-state index in [0.717, 1.165) is 0 Å². The second-order valence-electron chi connectivity index (χ2n) is 3.59. The minimum absolute atomic E-state index is 0.0526. The number of ether oxygens (including phenoxy) is 1. The van der Waals surface area contributed by atoms with E-state index in [0.29, 0.717) is 11.3 Å². The van der Waals surface area contributed by atoms with Crippen LogP contribution in [0.2, 0.25) is 0 Å². The van der Waals surface area contributed by atoms with Gasteiger partial charge in [-0.25, -0.2) is 0 Å². The fourth-order valence-electron chi connectivity index (χ4n) is 1.35. The van der Waals surface area contributed by atoms with Crippen LogP contribution in [0.1, 0.15) is 17.3 Å². The Labute approximate surface area is 99.9 Å². The van der Waals surface area contributed by atoms with Gasteiger partial charge in [-0.1, -0.05) is 12.1 Å². The molecule has 0 aromatic heterocycles. The van der Waals surface area contributed by atoms with E-state index in [-0.39, 0.29) is 18.2 Å². The van der Waals surface area contributed by atoms with Gasteiger partial charge in [0.05, 0.1) is 0 Å². The first-order chi connectivity index (χ1) is 8.08. The van der Waals surface area contributed by atoms with Gasteiger partial charge in [0.15, 0.2) is 5.78 Å². The number of nitrogens with one attached hydrogen (secondary N) is 1. The number of nitrogens with two attached hydrogens (primary N) is 1. The molecular formula is C12H16N2O3. The third-order valence-corrected chi connectivity index (χ3v) is 2.33. The average molecular weight is 236 g/mol. The van der Waals surface area contributed by atoms with Gasteiger partial charge in [0.2, 0.25) is 0 Å². The molecule has 5 heteroatoms. The number of carbonyl (C=O) groups is 2. The van der Waals surface area contributed by atoms with Gasteiger partial charge in [-0.15, -0.1) is 0 Å². The first-order valence-corrected chi connectivity index (χ1v) is 5.23. The highest BCUT2D eigenvalue weighted by atomic mass is 16.5. The van der Waals surface area contributed by atoms with E-state index in [4.69, 9.17) is 10.5 Å². The van der Waals surface area contributed by atoms with Crippen LogP contribution >= 0.6 is 0 Å². The molecule has 0 heterocycles. The Balaban J connectivity index is 2.78. The fraction of sp³-hybridized carbons (Fsp3) is 0.333. The second kappa shape index (κ2) is 6.12. The van der Waals surface area contributed by atoms with E-state index in [1.807, 2.05) is 0 Å². The van der Waals surface area contributed by atoms with Crippen LogP contribution in [0.4, 0.5) is 5.69 Å². The molecule has 1 aromatic rings. The summed E-state index contributed by atoms with van der Waals surface area (Å²) in [6.45, 7) is 1.58. The number of carbonyl (C=O) groups excluding carboxylic acids is 2. The Morgan fingerprint density at radius 2 is 2.18 bits per heavy atom. The monoisotopic (exact) mass is 236 g/mol. The van der Waals surface area contributed by atoms with Crippen molar-refractivity contribution < 1.29 is 14.3 Å². The number of ketones is 1. The first-order valence-electron chi connectivity index (χ1n) is 5.23. The molecule has 0 radical (unpaired) electrons. The number of hydrogen-bond donors (Lipinski definition) is 2. The van der Waals surface area contributed by atoms with Crippen LogP contribution in [0.3, 0.4) is 0 Å². The molecule has 17 heavy (non-hydrogen) atoms. The lowest BCUT2D eigenvalue weighted by molar-refractivity contribution is -0.125. The first kappa shape index (κ1) is 13.3. The van der Waals surface area contributed by atoms with Crippen molar-refractivity contribution in [2.75, 3.05) is 19.0 Å². The zero-order valence-corrected chi connectivity index (χ0v) is 9.90. The number of rotatable bonds is 5. The smallest absolute Gasteiger partial charge is 0.254 e. The summed E-state index contributed by atoms with van der Waals surface area (Å²) in [6, 6.07) is 6.71. The van der Waals surface area contributed by atoms with E-state index in [2.05, 4.69) is 5.32 Å². The molecule has 1 aromatic carbocycles. The van der Waals surface area contributed by atoms with Crippen molar-refractivity contribution >= 4 is 17.4 Å². The van der Waals surface area contributed by atoms with E-state index in [9.17, 15) is 9.59 Å². The lowest BCUT2D eigenvalue weighted by Crippen LogP contribution is -2.35. The van der Waals surface area contributed by atoms with Gasteiger partial charge in [0.1, 0.15) is 6.10 Å². The van der Waals surface area contributed by atoms with Crippen molar-refractivity contribution in [1.29, 1.82) is 0 Å². The van der Waals surface area contributed by atoms with Crippen molar-refractivity contribution in [3.63, 3.8) is 0 Å². The molecule has 5 nitrogen and oxygen atoms in total. The molecular weight excluding hydrogens is 220 g/mol. The Morgan fingerprint density at radius 3 is 2.71 bits per heavy atom. The number of Topliss-reactive ketones (excluding diaryl/α,β-unsaturated/α-hetero) is 1. The van der Waals surface area contributed by atoms with Crippen LogP contribution in [0.5, 0.6) is 0 Å². The quantitative estimate of drug-likeness (QED) is 0.741. The zero-order chi connectivity index (χ0) is 12.8. The molecule has 3 N–H and O–H groups in total. The van der Waals surface area contributed by atoms with Crippen LogP contribution in [-0.2, 0) is 9.53 Å². The van der Waals surface area contributed by atoms with Gasteiger partial charge in [0.25, 0.3) is 5.91 Å². The van der Waals surface area contributed by atoms with Crippen LogP contribution in [0.15, 0.2) is 24.3 Å². The van der Waals surface area contributed by atoms with Gasteiger partial charge < -0.3 is 15.8 Å². The molecule has 1 rings (SSSR count). The summed E-state index contributed by atoms with van der Waals surface area (Å²) in [5, 5.41) is 2.64. The van der Waals surface area contributed by atoms with E-state index in [1.54, 1.807) is 24.3 Å². The molecule has 0 saturated heterocycles. The summed E-state index contributed by atoms with van der Waals surface area (Å²) < 4.78 is 4.91. The maximum absolute atomic E-state index is 11.7. The molecule has 1 amide bonds. The van der Waals surface area contributed by atoms with Gasteiger partial charge in [-0.05, 0) is 19.1 Å². The van der Waals surface area contributed by atoms with E-state index in [1.165, 1.54) is 14.0 Å². The van der Waals surface area contributed by atoms with Gasteiger partial charge in [-0.3, -0.25) is 9.59 Å². The standard InChI is InChI=1S/C12H16N2O3/c1-8(15)9-4-3-5-10(6-9)14-12(16)11(7-13)17-2/h3-6,11H,7,13H2,1-2H3,(H,14,16). The fourth-order valence-corrected chi connectivity index (χ4v) is 1.35.